The fraction of sp³-hybridized carbons (Fsp3) is 0.455. The Morgan fingerprint density at radius 3 is 2.38 bits per heavy atom. The van der Waals surface area contributed by atoms with Crippen molar-refractivity contribution in [3.05, 3.63) is 33.4 Å². The maximum atomic E-state index is 3.31. The smallest absolute Gasteiger partial charge is 0.0130 e. The van der Waals surface area contributed by atoms with E-state index in [1.807, 2.05) is 0 Å². The Balaban J connectivity index is 1.99. The molecule has 1 aliphatic rings. The Morgan fingerprint density at radius 1 is 1.23 bits per heavy atom. The first-order valence-electron chi connectivity index (χ1n) is 4.72. The maximum Gasteiger partial charge on any atom is 0.0130 e. The van der Waals surface area contributed by atoms with E-state index in [-0.39, 0.29) is 0 Å². The summed E-state index contributed by atoms with van der Waals surface area (Å²) in [6.45, 7) is 0. The molecule has 0 bridgehead atoms. The zero-order valence-corrected chi connectivity index (χ0v) is 9.91. The van der Waals surface area contributed by atoms with E-state index in [9.17, 15) is 0 Å². The summed E-state index contributed by atoms with van der Waals surface area (Å²) in [7, 11) is 2.05. The summed E-state index contributed by atoms with van der Waals surface area (Å²) in [4.78, 5) is 0. The zero-order valence-electron chi connectivity index (χ0n) is 7.76. The molecule has 1 aromatic carbocycles. The van der Waals surface area contributed by atoms with Gasteiger partial charge in [0.15, 0.2) is 0 Å². The Hall–Kier alpha value is -0.0900. The third-order valence-electron chi connectivity index (χ3n) is 2.89. The molecule has 1 aromatic rings. The van der Waals surface area contributed by atoms with Gasteiger partial charge in [0.25, 0.3) is 0 Å². The normalized spacial score (nSPS) is 26.9. The largest absolute Gasteiger partial charge is 0.317 e. The van der Waals surface area contributed by atoms with Crippen LogP contribution in [0.25, 0.3) is 0 Å². The quantitative estimate of drug-likeness (QED) is 0.825. The van der Waals surface area contributed by atoms with E-state index in [1.54, 1.807) is 0 Å². The van der Waals surface area contributed by atoms with Crippen LogP contribution in [-0.4, -0.2) is 13.1 Å². The lowest BCUT2D eigenvalue weighted by Crippen LogP contribution is -2.37. The lowest BCUT2D eigenvalue weighted by molar-refractivity contribution is 0.307. The SMILES string of the molecule is CNC1CC(c2ccc(I)cc2)C1. The number of benzene rings is 1. The summed E-state index contributed by atoms with van der Waals surface area (Å²) in [5.74, 6) is 0.800. The average molecular weight is 287 g/mol. The summed E-state index contributed by atoms with van der Waals surface area (Å²) >= 11 is 2.35. The molecule has 1 nitrogen and oxygen atoms in total. The Bertz CT molecular complexity index is 275. The van der Waals surface area contributed by atoms with Gasteiger partial charge >= 0.3 is 0 Å². The van der Waals surface area contributed by atoms with Gasteiger partial charge in [0.1, 0.15) is 0 Å². The minimum atomic E-state index is 0.754. The Kier molecular flexibility index (Phi) is 2.89. The van der Waals surface area contributed by atoms with Crippen LogP contribution in [-0.2, 0) is 0 Å². The van der Waals surface area contributed by atoms with Gasteiger partial charge in [-0.2, -0.15) is 0 Å². The number of nitrogens with one attached hydrogen (secondary N) is 1. The van der Waals surface area contributed by atoms with Crippen molar-refractivity contribution >= 4 is 22.6 Å². The van der Waals surface area contributed by atoms with Crippen LogP contribution in [0, 0.1) is 3.57 Å². The van der Waals surface area contributed by atoms with Crippen LogP contribution < -0.4 is 5.32 Å². The maximum absolute atomic E-state index is 3.31. The number of halogens is 1. The van der Waals surface area contributed by atoms with E-state index >= 15 is 0 Å². The minimum Gasteiger partial charge on any atom is -0.317 e. The number of rotatable bonds is 2. The molecule has 13 heavy (non-hydrogen) atoms. The van der Waals surface area contributed by atoms with Crippen molar-refractivity contribution in [2.24, 2.45) is 0 Å². The summed E-state index contributed by atoms with van der Waals surface area (Å²) < 4.78 is 1.32. The molecule has 0 heterocycles. The molecule has 0 radical (unpaired) electrons. The highest BCUT2D eigenvalue weighted by Gasteiger charge is 2.28. The van der Waals surface area contributed by atoms with Gasteiger partial charge in [-0.15, -0.1) is 0 Å². The van der Waals surface area contributed by atoms with E-state index in [0.29, 0.717) is 0 Å². The summed E-state index contributed by atoms with van der Waals surface area (Å²) in [5.41, 5.74) is 1.51. The highest BCUT2D eigenvalue weighted by molar-refractivity contribution is 14.1. The van der Waals surface area contributed by atoms with Crippen molar-refractivity contribution in [3.63, 3.8) is 0 Å². The molecule has 0 aromatic heterocycles. The molecule has 0 aliphatic heterocycles. The van der Waals surface area contributed by atoms with Crippen LogP contribution in [0.4, 0.5) is 0 Å². The van der Waals surface area contributed by atoms with Gasteiger partial charge in [0.05, 0.1) is 0 Å². The summed E-state index contributed by atoms with van der Waals surface area (Å²) in [6, 6.07) is 9.67. The van der Waals surface area contributed by atoms with E-state index in [0.717, 1.165) is 12.0 Å². The standard InChI is InChI=1S/C11H14IN/c1-13-11-6-9(7-11)8-2-4-10(12)5-3-8/h2-5,9,11,13H,6-7H2,1H3. The van der Waals surface area contributed by atoms with Crippen molar-refractivity contribution in [1.29, 1.82) is 0 Å². The summed E-state index contributed by atoms with van der Waals surface area (Å²) in [5, 5.41) is 3.31. The third kappa shape index (κ3) is 2.05. The lowest BCUT2D eigenvalue weighted by atomic mass is 9.76. The fourth-order valence-corrected chi connectivity index (χ4v) is 2.22. The molecule has 0 atom stereocenters. The molecular weight excluding hydrogens is 273 g/mol. The molecule has 0 saturated heterocycles. The third-order valence-corrected chi connectivity index (χ3v) is 3.61. The van der Waals surface area contributed by atoms with Crippen LogP contribution in [0.2, 0.25) is 0 Å². The van der Waals surface area contributed by atoms with Crippen molar-refractivity contribution in [2.45, 2.75) is 24.8 Å². The Morgan fingerprint density at radius 2 is 1.85 bits per heavy atom. The van der Waals surface area contributed by atoms with E-state index in [4.69, 9.17) is 0 Å². The van der Waals surface area contributed by atoms with Crippen molar-refractivity contribution in [2.75, 3.05) is 7.05 Å². The summed E-state index contributed by atoms with van der Waals surface area (Å²) in [6.07, 6.45) is 2.61. The molecular formula is C11H14IN. The van der Waals surface area contributed by atoms with E-state index in [2.05, 4.69) is 59.2 Å². The highest BCUT2D eigenvalue weighted by atomic mass is 127. The molecule has 1 fully saturated rings. The van der Waals surface area contributed by atoms with Crippen molar-refractivity contribution in [3.8, 4) is 0 Å². The highest BCUT2D eigenvalue weighted by Crippen LogP contribution is 2.36. The molecule has 0 spiro atoms. The molecule has 2 rings (SSSR count). The number of hydrogen-bond acceptors (Lipinski definition) is 1. The van der Waals surface area contributed by atoms with Gasteiger partial charge in [-0.05, 0) is 66.1 Å². The molecule has 1 aliphatic carbocycles. The molecule has 0 unspecified atom stereocenters. The van der Waals surface area contributed by atoms with Gasteiger partial charge in [-0.25, -0.2) is 0 Å². The van der Waals surface area contributed by atoms with Crippen molar-refractivity contribution in [1.82, 2.24) is 5.32 Å². The van der Waals surface area contributed by atoms with Crippen LogP contribution >= 0.6 is 22.6 Å². The second kappa shape index (κ2) is 3.96. The second-order valence-corrected chi connectivity index (χ2v) is 4.95. The molecule has 70 valence electrons. The lowest BCUT2D eigenvalue weighted by Gasteiger charge is -2.35. The topological polar surface area (TPSA) is 12.0 Å². The van der Waals surface area contributed by atoms with Crippen LogP contribution in [0.1, 0.15) is 24.3 Å². The minimum absolute atomic E-state index is 0.754. The van der Waals surface area contributed by atoms with Crippen LogP contribution in [0.5, 0.6) is 0 Å². The molecule has 1 N–H and O–H groups in total. The molecule has 0 amide bonds. The van der Waals surface area contributed by atoms with Gasteiger partial charge < -0.3 is 5.32 Å². The van der Waals surface area contributed by atoms with Gasteiger partial charge in [0.2, 0.25) is 0 Å². The molecule has 1 saturated carbocycles. The van der Waals surface area contributed by atoms with Crippen LogP contribution in [0.3, 0.4) is 0 Å². The fourth-order valence-electron chi connectivity index (χ4n) is 1.86. The van der Waals surface area contributed by atoms with E-state index < -0.39 is 0 Å². The first kappa shape index (κ1) is 9.46. The zero-order chi connectivity index (χ0) is 9.26. The first-order valence-corrected chi connectivity index (χ1v) is 5.80. The van der Waals surface area contributed by atoms with Crippen molar-refractivity contribution < 1.29 is 0 Å². The van der Waals surface area contributed by atoms with Gasteiger partial charge in [0, 0.05) is 9.61 Å². The Labute approximate surface area is 93.1 Å². The molecule has 2 heteroatoms. The monoisotopic (exact) mass is 287 g/mol. The van der Waals surface area contributed by atoms with Crippen LogP contribution in [0.15, 0.2) is 24.3 Å². The first-order chi connectivity index (χ1) is 6.29. The number of hydrogen-bond donors (Lipinski definition) is 1. The van der Waals surface area contributed by atoms with Gasteiger partial charge in [-0.3, -0.25) is 0 Å². The predicted octanol–water partition coefficient (Wildman–Crippen LogP) is 2.76. The van der Waals surface area contributed by atoms with E-state index in [1.165, 1.54) is 22.0 Å². The predicted molar refractivity (Wildman–Crippen MR) is 64.0 cm³/mol. The van der Waals surface area contributed by atoms with Gasteiger partial charge in [-0.1, -0.05) is 12.1 Å². The second-order valence-electron chi connectivity index (χ2n) is 3.71. The average Bonchev–Trinajstić information content (AvgIpc) is 2.06.